The maximum atomic E-state index is 14.3. The Labute approximate surface area is 182 Å². The van der Waals surface area contributed by atoms with Crippen LogP contribution in [0.2, 0.25) is 0 Å². The number of imidazole rings is 1. The second-order valence-corrected chi connectivity index (χ2v) is 8.68. The first-order valence-corrected chi connectivity index (χ1v) is 10.3. The van der Waals surface area contributed by atoms with Gasteiger partial charge in [-0.3, -0.25) is 4.90 Å². The molecule has 1 saturated heterocycles. The van der Waals surface area contributed by atoms with Crippen LogP contribution in [-0.4, -0.2) is 38.5 Å². The molecule has 1 aliphatic carbocycles. The molecular formula is C23H20F2N4O3. The predicted molar refractivity (Wildman–Crippen MR) is 111 cm³/mol. The van der Waals surface area contributed by atoms with E-state index in [0.29, 0.717) is 30.3 Å². The van der Waals surface area contributed by atoms with Crippen molar-refractivity contribution in [2.45, 2.75) is 43.4 Å². The number of aliphatic hydroxyl groups is 1. The lowest BCUT2D eigenvalue weighted by atomic mass is 9.75. The van der Waals surface area contributed by atoms with Crippen molar-refractivity contribution < 1.29 is 23.4 Å². The molecular weight excluding hydrogens is 418 g/mol. The van der Waals surface area contributed by atoms with Crippen LogP contribution < -0.4 is 4.90 Å². The van der Waals surface area contributed by atoms with Crippen molar-refractivity contribution in [3.05, 3.63) is 59.9 Å². The van der Waals surface area contributed by atoms with Crippen LogP contribution in [0.4, 0.5) is 19.3 Å². The molecule has 2 unspecified atom stereocenters. The summed E-state index contributed by atoms with van der Waals surface area (Å²) in [7, 11) is 0. The molecule has 32 heavy (non-hydrogen) atoms. The van der Waals surface area contributed by atoms with Gasteiger partial charge in [-0.2, -0.15) is 5.26 Å². The molecule has 0 bridgehead atoms. The van der Waals surface area contributed by atoms with Crippen LogP contribution in [-0.2, 0) is 11.3 Å². The Morgan fingerprint density at radius 3 is 2.88 bits per heavy atom. The van der Waals surface area contributed by atoms with Crippen LogP contribution in [0.15, 0.2) is 42.7 Å². The Morgan fingerprint density at radius 2 is 2.06 bits per heavy atom. The van der Waals surface area contributed by atoms with Crippen molar-refractivity contribution in [2.24, 2.45) is 0 Å². The molecule has 1 aromatic heterocycles. The summed E-state index contributed by atoms with van der Waals surface area (Å²) < 4.78 is 35.4. The number of benzene rings is 2. The van der Waals surface area contributed by atoms with Gasteiger partial charge < -0.3 is 14.4 Å². The smallest absolute Gasteiger partial charge is 0.415 e. The number of nitriles is 1. The number of anilines is 1. The highest BCUT2D eigenvalue weighted by molar-refractivity contribution is 5.90. The lowest BCUT2D eigenvalue weighted by molar-refractivity contribution is -0.0917. The van der Waals surface area contributed by atoms with Gasteiger partial charge in [-0.1, -0.05) is 0 Å². The lowest BCUT2D eigenvalue weighted by Gasteiger charge is -2.41. The molecule has 5 rings (SSSR count). The normalized spacial score (nSPS) is 25.3. The highest BCUT2D eigenvalue weighted by Crippen LogP contribution is 2.44. The highest BCUT2D eigenvalue weighted by atomic mass is 19.1. The molecule has 9 heteroatoms. The van der Waals surface area contributed by atoms with Gasteiger partial charge in [-0.25, -0.2) is 18.6 Å². The van der Waals surface area contributed by atoms with Crippen LogP contribution in [0, 0.1) is 23.0 Å². The predicted octanol–water partition coefficient (Wildman–Crippen LogP) is 3.89. The number of halogens is 2. The SMILES string of the molecule is N#Cc1ccc2ncn(CC3(O)CCCC4(CN(c5cc(F)ccc5F)C(=O)O4)C3)c2c1. The Balaban J connectivity index is 1.41. The summed E-state index contributed by atoms with van der Waals surface area (Å²) in [6, 6.07) is 10.2. The fourth-order valence-electron chi connectivity index (χ4n) is 4.94. The van der Waals surface area contributed by atoms with Crippen molar-refractivity contribution in [2.75, 3.05) is 11.4 Å². The van der Waals surface area contributed by atoms with Crippen molar-refractivity contribution in [1.82, 2.24) is 9.55 Å². The van der Waals surface area contributed by atoms with Gasteiger partial charge in [0.15, 0.2) is 0 Å². The van der Waals surface area contributed by atoms with E-state index in [1.165, 1.54) is 0 Å². The molecule has 2 heterocycles. The van der Waals surface area contributed by atoms with E-state index < -0.39 is 28.9 Å². The zero-order valence-electron chi connectivity index (χ0n) is 17.1. The number of rotatable bonds is 3. The number of aromatic nitrogens is 2. The minimum absolute atomic E-state index is 0.0256. The molecule has 1 amide bonds. The fourth-order valence-corrected chi connectivity index (χ4v) is 4.94. The first kappa shape index (κ1) is 20.4. The molecule has 0 radical (unpaired) electrons. The van der Waals surface area contributed by atoms with Crippen molar-refractivity contribution in [3.63, 3.8) is 0 Å². The first-order chi connectivity index (χ1) is 15.3. The molecule has 2 aliphatic rings. The molecule has 1 spiro atoms. The Morgan fingerprint density at radius 1 is 1.22 bits per heavy atom. The van der Waals surface area contributed by atoms with Gasteiger partial charge in [-0.15, -0.1) is 0 Å². The molecule has 2 fully saturated rings. The van der Waals surface area contributed by atoms with E-state index >= 15 is 0 Å². The standard InChI is InChI=1S/C23H20F2N4O3/c24-16-3-4-17(25)19(9-16)29-13-23(32-21(29)30)7-1-6-22(31,11-23)12-28-14-27-18-5-2-15(10-26)8-20(18)28/h2-5,8-9,14,31H,1,6-7,11-13H2. The van der Waals surface area contributed by atoms with E-state index in [9.17, 15) is 23.9 Å². The Kier molecular flexibility index (Phi) is 4.64. The third kappa shape index (κ3) is 3.46. The average molecular weight is 438 g/mol. The van der Waals surface area contributed by atoms with Crippen molar-refractivity contribution in [1.29, 1.82) is 5.26 Å². The zero-order chi connectivity index (χ0) is 22.5. The molecule has 1 saturated carbocycles. The fraction of sp³-hybridized carbons (Fsp3) is 0.348. The second kappa shape index (κ2) is 7.28. The minimum Gasteiger partial charge on any atom is -0.441 e. The third-order valence-electron chi connectivity index (χ3n) is 6.31. The molecule has 1 aliphatic heterocycles. The molecule has 1 N–H and O–H groups in total. The number of fused-ring (bicyclic) bond motifs is 1. The van der Waals surface area contributed by atoms with Crippen LogP contribution in [0.1, 0.15) is 31.2 Å². The number of nitrogens with zero attached hydrogens (tertiary/aromatic N) is 4. The van der Waals surface area contributed by atoms with Gasteiger partial charge in [-0.05, 0) is 49.6 Å². The summed E-state index contributed by atoms with van der Waals surface area (Å²) in [5, 5.41) is 20.6. The zero-order valence-corrected chi connectivity index (χ0v) is 17.1. The number of amides is 1. The first-order valence-electron chi connectivity index (χ1n) is 10.3. The summed E-state index contributed by atoms with van der Waals surface area (Å²) in [5.74, 6) is -1.37. The average Bonchev–Trinajstić information content (AvgIpc) is 3.29. The summed E-state index contributed by atoms with van der Waals surface area (Å²) in [4.78, 5) is 18.0. The van der Waals surface area contributed by atoms with E-state index in [1.54, 1.807) is 29.1 Å². The molecule has 3 aromatic rings. The largest absolute Gasteiger partial charge is 0.441 e. The van der Waals surface area contributed by atoms with Crippen molar-refractivity contribution >= 4 is 22.8 Å². The van der Waals surface area contributed by atoms with Gasteiger partial charge in [0.1, 0.15) is 17.2 Å². The van der Waals surface area contributed by atoms with E-state index in [1.807, 2.05) is 0 Å². The number of hydrogen-bond donors (Lipinski definition) is 1. The highest BCUT2D eigenvalue weighted by Gasteiger charge is 2.53. The summed E-state index contributed by atoms with van der Waals surface area (Å²) in [6.07, 6.45) is 2.59. The molecule has 2 aromatic carbocycles. The third-order valence-corrected chi connectivity index (χ3v) is 6.31. The van der Waals surface area contributed by atoms with Crippen LogP contribution >= 0.6 is 0 Å². The molecule has 164 valence electrons. The summed E-state index contributed by atoms with van der Waals surface area (Å²) in [6.45, 7) is 0.226. The summed E-state index contributed by atoms with van der Waals surface area (Å²) in [5.41, 5.74) is -0.459. The quantitative estimate of drug-likeness (QED) is 0.670. The van der Waals surface area contributed by atoms with Gasteiger partial charge in [0.05, 0.1) is 53.4 Å². The second-order valence-electron chi connectivity index (χ2n) is 8.68. The van der Waals surface area contributed by atoms with E-state index in [0.717, 1.165) is 28.6 Å². The van der Waals surface area contributed by atoms with Crippen LogP contribution in [0.3, 0.4) is 0 Å². The van der Waals surface area contributed by atoms with Gasteiger partial charge in [0.2, 0.25) is 0 Å². The number of carbonyl (C=O) groups excluding carboxylic acids is 1. The molecule has 2 atom stereocenters. The summed E-state index contributed by atoms with van der Waals surface area (Å²) >= 11 is 0. The number of ether oxygens (including phenoxy) is 1. The lowest BCUT2D eigenvalue weighted by Crippen LogP contribution is -2.50. The minimum atomic E-state index is -1.20. The maximum absolute atomic E-state index is 14.3. The molecule has 7 nitrogen and oxygen atoms in total. The monoisotopic (exact) mass is 438 g/mol. The Hall–Kier alpha value is -3.51. The van der Waals surface area contributed by atoms with Gasteiger partial charge >= 0.3 is 6.09 Å². The van der Waals surface area contributed by atoms with Crippen LogP contribution in [0.25, 0.3) is 11.0 Å². The van der Waals surface area contributed by atoms with Crippen molar-refractivity contribution in [3.8, 4) is 6.07 Å². The number of carbonyl (C=O) groups is 1. The number of hydrogen-bond acceptors (Lipinski definition) is 5. The van der Waals surface area contributed by atoms with Gasteiger partial charge in [0.25, 0.3) is 0 Å². The van der Waals surface area contributed by atoms with E-state index in [-0.39, 0.29) is 25.2 Å². The van der Waals surface area contributed by atoms with Gasteiger partial charge in [0, 0.05) is 12.5 Å². The van der Waals surface area contributed by atoms with Crippen LogP contribution in [0.5, 0.6) is 0 Å². The Bertz CT molecular complexity index is 1270. The topological polar surface area (TPSA) is 91.4 Å². The maximum Gasteiger partial charge on any atom is 0.415 e. The van der Waals surface area contributed by atoms with E-state index in [2.05, 4.69) is 11.1 Å². The van der Waals surface area contributed by atoms with E-state index in [4.69, 9.17) is 4.74 Å².